The normalized spacial score (nSPS) is 11.3. The van der Waals surface area contributed by atoms with E-state index in [0.717, 1.165) is 40.8 Å². The number of benzene rings is 2. The van der Waals surface area contributed by atoms with Gasteiger partial charge in [0.1, 0.15) is 17.1 Å². The first kappa shape index (κ1) is 20.3. The Hall–Kier alpha value is -3.02. The van der Waals surface area contributed by atoms with Crippen LogP contribution in [0.1, 0.15) is 23.2 Å². The lowest BCUT2D eigenvalue weighted by Gasteiger charge is -2.09. The van der Waals surface area contributed by atoms with Crippen LogP contribution in [0.3, 0.4) is 0 Å². The van der Waals surface area contributed by atoms with Crippen LogP contribution >= 0.6 is 11.6 Å². The summed E-state index contributed by atoms with van der Waals surface area (Å²) >= 11 is 6.48. The van der Waals surface area contributed by atoms with Gasteiger partial charge in [0, 0.05) is 29.4 Å². The lowest BCUT2D eigenvalue weighted by molar-refractivity contribution is 0.0977. The number of rotatable bonds is 7. The van der Waals surface area contributed by atoms with E-state index in [1.165, 1.54) is 6.33 Å². The lowest BCUT2D eigenvalue weighted by Crippen LogP contribution is -2.14. The topological polar surface area (TPSA) is 51.0 Å². The first-order valence-corrected chi connectivity index (χ1v) is 10.3. The fourth-order valence-electron chi connectivity index (χ4n) is 3.59. The number of carbonyl (C=O) groups is 1. The van der Waals surface area contributed by atoms with E-state index in [4.69, 9.17) is 11.6 Å². The van der Waals surface area contributed by atoms with Crippen molar-refractivity contribution in [3.05, 3.63) is 77.8 Å². The van der Waals surface area contributed by atoms with Crippen molar-refractivity contribution in [3.8, 4) is 16.8 Å². The van der Waals surface area contributed by atoms with Crippen LogP contribution in [0, 0.1) is 0 Å². The average Bonchev–Trinajstić information content (AvgIpc) is 3.15. The zero-order valence-electron chi connectivity index (χ0n) is 17.0. The number of Topliss-reactive ketones (excluding diaryl/α,β-unsaturated/α-hetero) is 1. The van der Waals surface area contributed by atoms with Crippen molar-refractivity contribution < 1.29 is 4.79 Å². The molecule has 2 aromatic carbocycles. The Labute approximate surface area is 180 Å². The minimum Gasteiger partial charge on any atom is -0.309 e. The molecule has 5 nitrogen and oxygen atoms in total. The van der Waals surface area contributed by atoms with Crippen LogP contribution in [0.15, 0.2) is 67.1 Å². The molecule has 0 aliphatic carbocycles. The molecule has 0 bridgehead atoms. The van der Waals surface area contributed by atoms with Gasteiger partial charge < -0.3 is 9.47 Å². The number of aromatic nitrogens is 3. The molecule has 6 heteroatoms. The highest BCUT2D eigenvalue weighted by Crippen LogP contribution is 2.35. The monoisotopic (exact) mass is 418 g/mol. The molecular weight excluding hydrogens is 396 g/mol. The zero-order valence-corrected chi connectivity index (χ0v) is 17.8. The SMILES string of the molecule is CN(C)CCCC(=O)c1cccc(-c2cn(-c3ccccc3)c3ncnc(Cl)c23)c1. The third kappa shape index (κ3) is 4.13. The first-order valence-electron chi connectivity index (χ1n) is 9.90. The minimum atomic E-state index is 0.146. The fourth-order valence-corrected chi connectivity index (χ4v) is 3.82. The highest BCUT2D eigenvalue weighted by atomic mass is 35.5. The minimum absolute atomic E-state index is 0.146. The van der Waals surface area contributed by atoms with Crippen molar-refractivity contribution >= 4 is 28.4 Å². The molecule has 0 amide bonds. The summed E-state index contributed by atoms with van der Waals surface area (Å²) in [5.41, 5.74) is 4.26. The number of carbonyl (C=O) groups excluding carboxylic acids is 1. The van der Waals surface area contributed by atoms with Gasteiger partial charge in [-0.3, -0.25) is 4.79 Å². The van der Waals surface area contributed by atoms with Crippen LogP contribution in [0.4, 0.5) is 0 Å². The Morgan fingerprint density at radius 2 is 1.87 bits per heavy atom. The molecule has 0 N–H and O–H groups in total. The number of nitrogens with zero attached hydrogens (tertiary/aromatic N) is 4. The molecule has 4 rings (SSSR count). The van der Waals surface area contributed by atoms with E-state index in [2.05, 4.69) is 14.9 Å². The maximum atomic E-state index is 12.7. The van der Waals surface area contributed by atoms with Gasteiger partial charge in [0.05, 0.1) is 5.39 Å². The molecule has 0 unspecified atom stereocenters. The van der Waals surface area contributed by atoms with Crippen LogP contribution in [0.5, 0.6) is 0 Å². The van der Waals surface area contributed by atoms with E-state index in [0.29, 0.717) is 17.1 Å². The van der Waals surface area contributed by atoms with Gasteiger partial charge in [-0.2, -0.15) is 0 Å². The van der Waals surface area contributed by atoms with Gasteiger partial charge >= 0.3 is 0 Å². The highest BCUT2D eigenvalue weighted by molar-refractivity contribution is 6.35. The smallest absolute Gasteiger partial charge is 0.162 e. The predicted octanol–water partition coefficient (Wildman–Crippen LogP) is 5.27. The molecule has 0 atom stereocenters. The van der Waals surface area contributed by atoms with Crippen molar-refractivity contribution in [2.45, 2.75) is 12.8 Å². The second-order valence-corrected chi connectivity index (χ2v) is 7.88. The first-order chi connectivity index (χ1) is 14.5. The third-order valence-corrected chi connectivity index (χ3v) is 5.36. The summed E-state index contributed by atoms with van der Waals surface area (Å²) in [4.78, 5) is 23.4. The van der Waals surface area contributed by atoms with E-state index in [1.54, 1.807) is 0 Å². The van der Waals surface area contributed by atoms with Crippen molar-refractivity contribution in [3.63, 3.8) is 0 Å². The summed E-state index contributed by atoms with van der Waals surface area (Å²) < 4.78 is 2.00. The van der Waals surface area contributed by atoms with Gasteiger partial charge in [-0.25, -0.2) is 9.97 Å². The van der Waals surface area contributed by atoms with Crippen molar-refractivity contribution in [1.82, 2.24) is 19.4 Å². The van der Waals surface area contributed by atoms with E-state index < -0.39 is 0 Å². The van der Waals surface area contributed by atoms with Crippen LogP contribution < -0.4 is 0 Å². The van der Waals surface area contributed by atoms with Crippen LogP contribution in [-0.4, -0.2) is 45.9 Å². The molecule has 0 saturated heterocycles. The van der Waals surface area contributed by atoms with Crippen LogP contribution in [0.25, 0.3) is 27.8 Å². The largest absolute Gasteiger partial charge is 0.309 e. The molecule has 0 fully saturated rings. The van der Waals surface area contributed by atoms with E-state index in [1.807, 2.05) is 79.5 Å². The number of hydrogen-bond donors (Lipinski definition) is 0. The highest BCUT2D eigenvalue weighted by Gasteiger charge is 2.17. The van der Waals surface area contributed by atoms with Gasteiger partial charge in [0.25, 0.3) is 0 Å². The molecule has 30 heavy (non-hydrogen) atoms. The number of para-hydroxylation sites is 1. The number of fused-ring (bicyclic) bond motifs is 1. The lowest BCUT2D eigenvalue weighted by atomic mass is 10.00. The molecule has 0 saturated carbocycles. The fraction of sp³-hybridized carbons (Fsp3) is 0.208. The number of hydrogen-bond acceptors (Lipinski definition) is 4. The number of ketones is 1. The third-order valence-electron chi connectivity index (χ3n) is 5.08. The summed E-state index contributed by atoms with van der Waals surface area (Å²) in [6.07, 6.45) is 4.84. The quantitative estimate of drug-likeness (QED) is 0.303. The zero-order chi connectivity index (χ0) is 21.1. The van der Waals surface area contributed by atoms with Gasteiger partial charge in [-0.05, 0) is 50.8 Å². The molecule has 4 aromatic rings. The van der Waals surface area contributed by atoms with Gasteiger partial charge in [-0.15, -0.1) is 0 Å². The van der Waals surface area contributed by atoms with Gasteiger partial charge in [0.2, 0.25) is 0 Å². The number of halogens is 1. The van der Waals surface area contributed by atoms with Gasteiger partial charge in [0.15, 0.2) is 5.78 Å². The van der Waals surface area contributed by atoms with Gasteiger partial charge in [-0.1, -0.05) is 48.0 Å². The Morgan fingerprint density at radius 3 is 2.63 bits per heavy atom. The Morgan fingerprint density at radius 1 is 1.07 bits per heavy atom. The predicted molar refractivity (Wildman–Crippen MR) is 121 cm³/mol. The van der Waals surface area contributed by atoms with Crippen molar-refractivity contribution in [2.75, 3.05) is 20.6 Å². The molecular formula is C24H23ClN4O. The summed E-state index contributed by atoms with van der Waals surface area (Å²) in [5.74, 6) is 0.146. The summed E-state index contributed by atoms with van der Waals surface area (Å²) in [7, 11) is 4.03. The second kappa shape index (κ2) is 8.78. The maximum absolute atomic E-state index is 12.7. The summed E-state index contributed by atoms with van der Waals surface area (Å²) in [6.45, 7) is 0.892. The summed E-state index contributed by atoms with van der Waals surface area (Å²) in [6, 6.07) is 17.7. The maximum Gasteiger partial charge on any atom is 0.162 e. The molecule has 2 heterocycles. The standard InChI is InChI=1S/C24H23ClN4O/c1-28(2)13-7-12-21(30)18-9-6-8-17(14-18)20-15-29(19-10-4-3-5-11-19)24-22(20)23(25)26-16-27-24/h3-6,8-11,14-16H,7,12-13H2,1-2H3. The van der Waals surface area contributed by atoms with Crippen LogP contribution in [-0.2, 0) is 0 Å². The van der Waals surface area contributed by atoms with Crippen molar-refractivity contribution in [2.24, 2.45) is 0 Å². The van der Waals surface area contributed by atoms with E-state index in [9.17, 15) is 4.79 Å². The average molecular weight is 419 g/mol. The second-order valence-electron chi connectivity index (χ2n) is 7.52. The van der Waals surface area contributed by atoms with Crippen molar-refractivity contribution in [1.29, 1.82) is 0 Å². The Kier molecular flexibility index (Phi) is 5.93. The molecule has 0 radical (unpaired) electrons. The Balaban J connectivity index is 1.76. The summed E-state index contributed by atoms with van der Waals surface area (Å²) in [5, 5.41) is 1.17. The molecule has 0 aliphatic rings. The van der Waals surface area contributed by atoms with Crippen LogP contribution in [0.2, 0.25) is 5.15 Å². The Bertz CT molecular complexity index is 1180. The molecule has 0 spiro atoms. The van der Waals surface area contributed by atoms with E-state index >= 15 is 0 Å². The van der Waals surface area contributed by atoms with E-state index in [-0.39, 0.29) is 5.78 Å². The molecule has 152 valence electrons. The molecule has 0 aliphatic heterocycles. The molecule has 2 aromatic heterocycles.